The predicted octanol–water partition coefficient (Wildman–Crippen LogP) is 3.25. The van der Waals surface area contributed by atoms with E-state index in [-0.39, 0.29) is 12.6 Å². The van der Waals surface area contributed by atoms with E-state index in [1.165, 1.54) is 12.1 Å². The van der Waals surface area contributed by atoms with Crippen molar-refractivity contribution in [2.24, 2.45) is 0 Å². The molecule has 1 heterocycles. The number of benzene rings is 2. The Balaban J connectivity index is 1.89. The van der Waals surface area contributed by atoms with Crippen molar-refractivity contribution in [2.45, 2.75) is 18.8 Å². The van der Waals surface area contributed by atoms with Gasteiger partial charge in [0.2, 0.25) is 6.79 Å². The highest BCUT2D eigenvalue weighted by Gasteiger charge is 2.27. The van der Waals surface area contributed by atoms with Crippen LogP contribution in [0.1, 0.15) is 18.1 Å². The van der Waals surface area contributed by atoms with Gasteiger partial charge >= 0.3 is 0 Å². The van der Waals surface area contributed by atoms with Crippen LogP contribution in [0.15, 0.2) is 42.5 Å². The summed E-state index contributed by atoms with van der Waals surface area (Å²) in [4.78, 5) is 11.6. The molecule has 0 bridgehead atoms. The lowest BCUT2D eigenvalue weighted by Crippen LogP contribution is -2.26. The number of carbonyl (C=O) groups is 1. The van der Waals surface area contributed by atoms with Crippen LogP contribution in [0.25, 0.3) is 0 Å². The van der Waals surface area contributed by atoms with Crippen LogP contribution in [0.5, 0.6) is 11.5 Å². The summed E-state index contributed by atoms with van der Waals surface area (Å²) in [5, 5.41) is 0. The third-order valence-corrected chi connectivity index (χ3v) is 3.77. The Kier molecular flexibility index (Phi) is 3.37. The van der Waals surface area contributed by atoms with E-state index in [1.807, 2.05) is 25.1 Å². The van der Waals surface area contributed by atoms with Crippen molar-refractivity contribution >= 4 is 6.29 Å². The fraction of sp³-hybridized carbons (Fsp3) is 0.235. The normalized spacial score (nSPS) is 15.5. The summed E-state index contributed by atoms with van der Waals surface area (Å²) < 4.78 is 23.7. The van der Waals surface area contributed by atoms with Crippen LogP contribution in [0.3, 0.4) is 0 Å². The van der Waals surface area contributed by atoms with Crippen LogP contribution in [-0.2, 0) is 16.6 Å². The summed E-state index contributed by atoms with van der Waals surface area (Å²) in [6.45, 7) is 2.07. The average Bonchev–Trinajstić information content (AvgIpc) is 2.95. The van der Waals surface area contributed by atoms with Crippen LogP contribution < -0.4 is 9.47 Å². The smallest absolute Gasteiger partial charge is 0.231 e. The third kappa shape index (κ3) is 2.61. The number of carbonyl (C=O) groups excluding carboxylic acids is 1. The van der Waals surface area contributed by atoms with Gasteiger partial charge in [0.15, 0.2) is 11.5 Å². The molecule has 0 saturated heterocycles. The van der Waals surface area contributed by atoms with Crippen LogP contribution in [0.4, 0.5) is 4.39 Å². The highest BCUT2D eigenvalue weighted by atomic mass is 19.1. The standard InChI is InChI=1S/C17H15FO3/c1-17(10-19,13-3-5-14(18)6-4-13)9-12-2-7-15-16(8-12)21-11-20-15/h2-8,10H,9,11H2,1H3. The Labute approximate surface area is 122 Å². The van der Waals surface area contributed by atoms with Crippen LogP contribution in [0.2, 0.25) is 0 Å². The second-order valence-corrected chi connectivity index (χ2v) is 5.41. The van der Waals surface area contributed by atoms with Gasteiger partial charge in [-0.15, -0.1) is 0 Å². The molecule has 1 unspecified atom stereocenters. The maximum absolute atomic E-state index is 13.0. The fourth-order valence-electron chi connectivity index (χ4n) is 2.52. The molecule has 1 aliphatic heterocycles. The second-order valence-electron chi connectivity index (χ2n) is 5.41. The van der Waals surface area contributed by atoms with E-state index in [1.54, 1.807) is 12.1 Å². The Hall–Kier alpha value is -2.36. The van der Waals surface area contributed by atoms with Crippen molar-refractivity contribution in [1.82, 2.24) is 0 Å². The topological polar surface area (TPSA) is 35.5 Å². The molecule has 108 valence electrons. The molecule has 0 amide bonds. The Morgan fingerprint density at radius 2 is 1.86 bits per heavy atom. The first-order valence-electron chi connectivity index (χ1n) is 6.72. The zero-order chi connectivity index (χ0) is 14.9. The molecule has 2 aromatic rings. The van der Waals surface area contributed by atoms with Gasteiger partial charge in [0.1, 0.15) is 12.1 Å². The summed E-state index contributed by atoms with van der Waals surface area (Å²) in [7, 11) is 0. The Morgan fingerprint density at radius 1 is 1.14 bits per heavy atom. The number of aldehydes is 1. The fourth-order valence-corrected chi connectivity index (χ4v) is 2.52. The van der Waals surface area contributed by atoms with Crippen molar-refractivity contribution in [1.29, 1.82) is 0 Å². The van der Waals surface area contributed by atoms with E-state index in [2.05, 4.69) is 0 Å². The SMILES string of the molecule is CC(C=O)(Cc1ccc2c(c1)OCO2)c1ccc(F)cc1. The molecule has 0 radical (unpaired) electrons. The lowest BCUT2D eigenvalue weighted by atomic mass is 9.78. The lowest BCUT2D eigenvalue weighted by molar-refractivity contribution is -0.112. The van der Waals surface area contributed by atoms with Gasteiger partial charge in [0, 0.05) is 0 Å². The van der Waals surface area contributed by atoms with Gasteiger partial charge in [-0.05, 0) is 48.7 Å². The van der Waals surface area contributed by atoms with Crippen molar-refractivity contribution in [3.63, 3.8) is 0 Å². The molecule has 0 N–H and O–H groups in total. The lowest BCUT2D eigenvalue weighted by Gasteiger charge is -2.24. The molecule has 1 atom stereocenters. The number of rotatable bonds is 4. The third-order valence-electron chi connectivity index (χ3n) is 3.77. The van der Waals surface area contributed by atoms with Gasteiger partial charge in [-0.1, -0.05) is 18.2 Å². The van der Waals surface area contributed by atoms with Crippen molar-refractivity contribution in [2.75, 3.05) is 6.79 Å². The zero-order valence-electron chi connectivity index (χ0n) is 11.6. The summed E-state index contributed by atoms with van der Waals surface area (Å²) in [5.74, 6) is 1.10. The highest BCUT2D eigenvalue weighted by molar-refractivity contribution is 5.69. The van der Waals surface area contributed by atoms with Gasteiger partial charge in [0.05, 0.1) is 5.41 Å². The monoisotopic (exact) mass is 286 g/mol. The maximum Gasteiger partial charge on any atom is 0.231 e. The molecule has 0 saturated carbocycles. The van der Waals surface area contributed by atoms with Crippen molar-refractivity contribution < 1.29 is 18.7 Å². The minimum Gasteiger partial charge on any atom is -0.454 e. The van der Waals surface area contributed by atoms with Crippen molar-refractivity contribution in [3.8, 4) is 11.5 Å². The van der Waals surface area contributed by atoms with E-state index in [4.69, 9.17) is 9.47 Å². The number of hydrogen-bond acceptors (Lipinski definition) is 3. The molecule has 1 aliphatic rings. The van der Waals surface area contributed by atoms with E-state index >= 15 is 0 Å². The molecule has 21 heavy (non-hydrogen) atoms. The molecule has 3 rings (SSSR count). The van der Waals surface area contributed by atoms with E-state index < -0.39 is 5.41 Å². The Morgan fingerprint density at radius 3 is 2.57 bits per heavy atom. The largest absolute Gasteiger partial charge is 0.454 e. The average molecular weight is 286 g/mol. The van der Waals surface area contributed by atoms with Crippen LogP contribution in [0, 0.1) is 5.82 Å². The molecule has 0 aromatic heterocycles. The van der Waals surface area contributed by atoms with Gasteiger partial charge in [-0.2, -0.15) is 0 Å². The summed E-state index contributed by atoms with van der Waals surface area (Å²) in [5.41, 5.74) is 1.05. The van der Waals surface area contributed by atoms with Gasteiger partial charge in [-0.25, -0.2) is 4.39 Å². The van der Waals surface area contributed by atoms with Crippen LogP contribution >= 0.6 is 0 Å². The summed E-state index contributed by atoms with van der Waals surface area (Å²) in [6.07, 6.45) is 1.42. The van der Waals surface area contributed by atoms with Gasteiger partial charge in [0.25, 0.3) is 0 Å². The predicted molar refractivity (Wildman–Crippen MR) is 76.1 cm³/mol. The molecule has 3 nitrogen and oxygen atoms in total. The van der Waals surface area contributed by atoms with E-state index in [9.17, 15) is 9.18 Å². The van der Waals surface area contributed by atoms with Gasteiger partial charge < -0.3 is 14.3 Å². The number of hydrogen-bond donors (Lipinski definition) is 0. The van der Waals surface area contributed by atoms with Gasteiger partial charge in [-0.3, -0.25) is 0 Å². The number of fused-ring (bicyclic) bond motifs is 1. The van der Waals surface area contributed by atoms with Crippen molar-refractivity contribution in [3.05, 3.63) is 59.4 Å². The first-order valence-corrected chi connectivity index (χ1v) is 6.72. The Bertz CT molecular complexity index is 666. The molecular weight excluding hydrogens is 271 g/mol. The quantitative estimate of drug-likeness (QED) is 0.809. The number of ether oxygens (including phenoxy) is 2. The molecule has 2 aromatic carbocycles. The zero-order valence-corrected chi connectivity index (χ0v) is 11.6. The van der Waals surface area contributed by atoms with E-state index in [0.29, 0.717) is 17.9 Å². The second kappa shape index (κ2) is 5.20. The summed E-state index contributed by atoms with van der Waals surface area (Å²) in [6, 6.07) is 11.7. The molecule has 4 heteroatoms. The number of halogens is 1. The summed E-state index contributed by atoms with van der Waals surface area (Å²) >= 11 is 0. The van der Waals surface area contributed by atoms with E-state index in [0.717, 1.165) is 17.4 Å². The highest BCUT2D eigenvalue weighted by Crippen LogP contribution is 2.35. The first-order chi connectivity index (χ1) is 10.1. The molecular formula is C17H15FO3. The maximum atomic E-state index is 13.0. The van der Waals surface area contributed by atoms with Crippen LogP contribution in [-0.4, -0.2) is 13.1 Å². The molecule has 0 spiro atoms. The first kappa shape index (κ1) is 13.6. The molecule has 0 aliphatic carbocycles. The minimum absolute atomic E-state index is 0.224. The minimum atomic E-state index is -0.707. The molecule has 0 fully saturated rings.